The van der Waals surface area contributed by atoms with E-state index in [0.717, 1.165) is 19.3 Å². The summed E-state index contributed by atoms with van der Waals surface area (Å²) in [7, 11) is 0. The zero-order chi connectivity index (χ0) is 13.1. The van der Waals surface area contributed by atoms with Crippen molar-refractivity contribution in [3.8, 4) is 6.07 Å². The van der Waals surface area contributed by atoms with Crippen molar-refractivity contribution >= 4 is 29.1 Å². The Kier molecular flexibility index (Phi) is 4.11. The van der Waals surface area contributed by atoms with Crippen LogP contribution >= 0.6 is 23.2 Å². The maximum Gasteiger partial charge on any atom is 0.254 e. The Morgan fingerprint density at radius 3 is 2.78 bits per heavy atom. The molecular formula is C13H12Cl2N2O. The van der Waals surface area contributed by atoms with Crippen molar-refractivity contribution in [3.63, 3.8) is 0 Å². The highest BCUT2D eigenvalue weighted by Gasteiger charge is 2.27. The van der Waals surface area contributed by atoms with Gasteiger partial charge in [0.15, 0.2) is 0 Å². The van der Waals surface area contributed by atoms with Gasteiger partial charge in [-0.1, -0.05) is 23.2 Å². The number of amides is 1. The number of carbonyl (C=O) groups excluding carboxylic acids is 1. The Labute approximate surface area is 116 Å². The molecule has 1 aromatic carbocycles. The van der Waals surface area contributed by atoms with Crippen LogP contribution in [0.1, 0.15) is 29.6 Å². The van der Waals surface area contributed by atoms with Gasteiger partial charge in [0.2, 0.25) is 0 Å². The van der Waals surface area contributed by atoms with E-state index < -0.39 is 0 Å². The molecule has 1 aliphatic rings. The molecule has 2 rings (SSSR count). The maximum atomic E-state index is 12.3. The van der Waals surface area contributed by atoms with E-state index >= 15 is 0 Å². The Balaban J connectivity index is 2.24. The summed E-state index contributed by atoms with van der Waals surface area (Å²) < 4.78 is 0. The Morgan fingerprint density at radius 1 is 1.33 bits per heavy atom. The average Bonchev–Trinajstić information content (AvgIpc) is 2.41. The predicted octanol–water partition coefficient (Wildman–Crippen LogP) is 3.51. The van der Waals surface area contributed by atoms with Gasteiger partial charge in [0.25, 0.3) is 5.91 Å². The molecule has 1 atom stereocenters. The summed E-state index contributed by atoms with van der Waals surface area (Å²) in [4.78, 5) is 13.9. The number of benzene rings is 1. The molecule has 1 fully saturated rings. The Morgan fingerprint density at radius 2 is 2.11 bits per heavy atom. The van der Waals surface area contributed by atoms with Gasteiger partial charge in [-0.05, 0) is 37.5 Å². The molecule has 1 unspecified atom stereocenters. The molecule has 5 heteroatoms. The van der Waals surface area contributed by atoms with E-state index in [9.17, 15) is 4.79 Å². The first kappa shape index (κ1) is 13.2. The highest BCUT2D eigenvalue weighted by Crippen LogP contribution is 2.25. The van der Waals surface area contributed by atoms with Crippen molar-refractivity contribution in [2.24, 2.45) is 0 Å². The van der Waals surface area contributed by atoms with Crippen LogP contribution in [0.3, 0.4) is 0 Å². The number of hydrogen-bond acceptors (Lipinski definition) is 2. The summed E-state index contributed by atoms with van der Waals surface area (Å²) in [5, 5.41) is 9.84. The molecule has 1 aliphatic heterocycles. The molecule has 0 bridgehead atoms. The van der Waals surface area contributed by atoms with E-state index in [1.54, 1.807) is 23.1 Å². The topological polar surface area (TPSA) is 44.1 Å². The zero-order valence-corrected chi connectivity index (χ0v) is 11.2. The number of nitriles is 1. The molecule has 0 radical (unpaired) electrons. The van der Waals surface area contributed by atoms with Crippen LogP contribution in [0.4, 0.5) is 0 Å². The molecular weight excluding hydrogens is 271 g/mol. The number of piperidine rings is 1. The SMILES string of the molecule is N#CC1CCCCN1C(=O)c1ccc(Cl)c(Cl)c1. The highest BCUT2D eigenvalue weighted by molar-refractivity contribution is 6.42. The van der Waals surface area contributed by atoms with Crippen molar-refractivity contribution in [3.05, 3.63) is 33.8 Å². The highest BCUT2D eigenvalue weighted by atomic mass is 35.5. The fourth-order valence-corrected chi connectivity index (χ4v) is 2.40. The maximum absolute atomic E-state index is 12.3. The number of carbonyl (C=O) groups is 1. The minimum Gasteiger partial charge on any atom is -0.323 e. The summed E-state index contributed by atoms with van der Waals surface area (Å²) in [6, 6.07) is 6.63. The van der Waals surface area contributed by atoms with Crippen molar-refractivity contribution in [1.82, 2.24) is 4.90 Å². The minimum absolute atomic E-state index is 0.153. The molecule has 1 saturated heterocycles. The fraction of sp³-hybridized carbons (Fsp3) is 0.385. The van der Waals surface area contributed by atoms with Gasteiger partial charge in [0.1, 0.15) is 6.04 Å². The van der Waals surface area contributed by atoms with Gasteiger partial charge in [-0.15, -0.1) is 0 Å². The smallest absolute Gasteiger partial charge is 0.254 e. The first-order valence-electron chi connectivity index (χ1n) is 5.79. The van der Waals surface area contributed by atoms with Crippen LogP contribution in [0.25, 0.3) is 0 Å². The third kappa shape index (κ3) is 2.60. The van der Waals surface area contributed by atoms with Gasteiger partial charge in [0, 0.05) is 12.1 Å². The molecule has 0 aliphatic carbocycles. The lowest BCUT2D eigenvalue weighted by Crippen LogP contribution is -2.42. The summed E-state index contributed by atoms with van der Waals surface area (Å²) in [6.45, 7) is 0.622. The standard InChI is InChI=1S/C13H12Cl2N2O/c14-11-5-4-9(7-12(11)15)13(18)17-6-2-1-3-10(17)8-16/h4-5,7,10H,1-3,6H2. The lowest BCUT2D eigenvalue weighted by atomic mass is 10.0. The van der Waals surface area contributed by atoms with Crippen LogP contribution in [0, 0.1) is 11.3 Å². The van der Waals surface area contributed by atoms with E-state index in [2.05, 4.69) is 6.07 Å². The van der Waals surface area contributed by atoms with E-state index in [-0.39, 0.29) is 11.9 Å². The Bertz CT molecular complexity index is 510. The number of rotatable bonds is 1. The third-order valence-corrected chi connectivity index (χ3v) is 3.82. The molecule has 3 nitrogen and oxygen atoms in total. The van der Waals surface area contributed by atoms with Crippen LogP contribution in [0.5, 0.6) is 0 Å². The molecule has 0 N–H and O–H groups in total. The van der Waals surface area contributed by atoms with Gasteiger partial charge in [-0.25, -0.2) is 0 Å². The second kappa shape index (κ2) is 5.60. The van der Waals surface area contributed by atoms with E-state index in [1.807, 2.05) is 0 Å². The molecule has 0 spiro atoms. The summed E-state index contributed by atoms with van der Waals surface area (Å²) >= 11 is 11.7. The molecule has 0 saturated carbocycles. The van der Waals surface area contributed by atoms with Crippen molar-refractivity contribution in [2.45, 2.75) is 25.3 Å². The average molecular weight is 283 g/mol. The van der Waals surface area contributed by atoms with Crippen LogP contribution < -0.4 is 0 Å². The summed E-state index contributed by atoms with van der Waals surface area (Å²) in [5.74, 6) is -0.153. The summed E-state index contributed by atoms with van der Waals surface area (Å²) in [5.41, 5.74) is 0.478. The van der Waals surface area contributed by atoms with Crippen LogP contribution in [0.15, 0.2) is 18.2 Å². The first-order valence-corrected chi connectivity index (χ1v) is 6.54. The van der Waals surface area contributed by atoms with Crippen LogP contribution in [0.2, 0.25) is 10.0 Å². The monoisotopic (exact) mass is 282 g/mol. The lowest BCUT2D eigenvalue weighted by Gasteiger charge is -2.31. The molecule has 1 aromatic rings. The third-order valence-electron chi connectivity index (χ3n) is 3.08. The predicted molar refractivity (Wildman–Crippen MR) is 70.8 cm³/mol. The largest absolute Gasteiger partial charge is 0.323 e. The quantitative estimate of drug-likeness (QED) is 0.791. The van der Waals surface area contributed by atoms with Crippen molar-refractivity contribution < 1.29 is 4.79 Å². The molecule has 0 aromatic heterocycles. The fourth-order valence-electron chi connectivity index (χ4n) is 2.10. The van der Waals surface area contributed by atoms with E-state index in [1.165, 1.54) is 0 Å². The Hall–Kier alpha value is -1.24. The number of hydrogen-bond donors (Lipinski definition) is 0. The lowest BCUT2D eigenvalue weighted by molar-refractivity contribution is 0.0670. The number of nitrogens with zero attached hydrogens (tertiary/aromatic N) is 2. The number of halogens is 2. The van der Waals surface area contributed by atoms with E-state index in [4.69, 9.17) is 28.5 Å². The molecule has 18 heavy (non-hydrogen) atoms. The summed E-state index contributed by atoms with van der Waals surface area (Å²) in [6.07, 6.45) is 2.66. The van der Waals surface area contributed by atoms with E-state index in [0.29, 0.717) is 22.2 Å². The molecule has 94 valence electrons. The van der Waals surface area contributed by atoms with Gasteiger partial charge >= 0.3 is 0 Å². The van der Waals surface area contributed by atoms with Gasteiger partial charge in [-0.3, -0.25) is 4.79 Å². The normalized spacial score (nSPS) is 19.4. The van der Waals surface area contributed by atoms with Crippen molar-refractivity contribution in [1.29, 1.82) is 5.26 Å². The second-order valence-corrected chi connectivity index (χ2v) is 5.08. The van der Waals surface area contributed by atoms with Gasteiger partial charge in [-0.2, -0.15) is 5.26 Å². The van der Waals surface area contributed by atoms with Gasteiger partial charge < -0.3 is 4.90 Å². The zero-order valence-electron chi connectivity index (χ0n) is 9.70. The van der Waals surface area contributed by atoms with Crippen LogP contribution in [-0.4, -0.2) is 23.4 Å². The van der Waals surface area contributed by atoms with Gasteiger partial charge in [0.05, 0.1) is 16.1 Å². The second-order valence-electron chi connectivity index (χ2n) is 4.27. The molecule has 1 amide bonds. The molecule has 1 heterocycles. The minimum atomic E-state index is -0.333. The number of likely N-dealkylation sites (tertiary alicyclic amines) is 1. The van der Waals surface area contributed by atoms with Crippen molar-refractivity contribution in [2.75, 3.05) is 6.54 Å². The van der Waals surface area contributed by atoms with Crippen LogP contribution in [-0.2, 0) is 0 Å². The first-order chi connectivity index (χ1) is 8.63.